The second kappa shape index (κ2) is 4.30. The van der Waals surface area contributed by atoms with Crippen molar-refractivity contribution in [3.63, 3.8) is 0 Å². The number of H-pyrrole nitrogens is 1. The Labute approximate surface area is 108 Å². The average molecular weight is 257 g/mol. The van der Waals surface area contributed by atoms with Crippen LogP contribution in [0.1, 0.15) is 5.69 Å². The molecular formula is C12H11N5S. The Kier molecular flexibility index (Phi) is 2.64. The van der Waals surface area contributed by atoms with Gasteiger partial charge in [-0.3, -0.25) is 5.10 Å². The van der Waals surface area contributed by atoms with E-state index in [2.05, 4.69) is 20.2 Å². The predicted molar refractivity (Wildman–Crippen MR) is 71.4 cm³/mol. The van der Waals surface area contributed by atoms with E-state index in [4.69, 9.17) is 5.73 Å². The summed E-state index contributed by atoms with van der Waals surface area (Å²) in [7, 11) is 0. The van der Waals surface area contributed by atoms with Gasteiger partial charge in [0.05, 0.1) is 11.7 Å². The number of aryl methyl sites for hydroxylation is 1. The average Bonchev–Trinajstić information content (AvgIpc) is 2.76. The van der Waals surface area contributed by atoms with Crippen molar-refractivity contribution in [1.29, 1.82) is 0 Å². The van der Waals surface area contributed by atoms with Gasteiger partial charge in [-0.05, 0) is 36.9 Å². The summed E-state index contributed by atoms with van der Waals surface area (Å²) in [6.45, 7) is 1.94. The molecule has 18 heavy (non-hydrogen) atoms. The number of nitrogen functional groups attached to an aromatic ring is 1. The van der Waals surface area contributed by atoms with E-state index in [0.29, 0.717) is 10.8 Å². The van der Waals surface area contributed by atoms with Crippen LogP contribution in [-0.2, 0) is 0 Å². The van der Waals surface area contributed by atoms with Crippen molar-refractivity contribution in [1.82, 2.24) is 20.2 Å². The first-order valence-electron chi connectivity index (χ1n) is 5.42. The number of rotatable bonds is 2. The minimum absolute atomic E-state index is 0.695. The number of nitrogens with two attached hydrogens (primary N) is 1. The van der Waals surface area contributed by atoms with Crippen LogP contribution < -0.4 is 5.73 Å². The fourth-order valence-corrected chi connectivity index (χ4v) is 2.50. The van der Waals surface area contributed by atoms with Crippen molar-refractivity contribution in [2.45, 2.75) is 17.0 Å². The van der Waals surface area contributed by atoms with E-state index >= 15 is 0 Å². The fourth-order valence-electron chi connectivity index (χ4n) is 1.65. The summed E-state index contributed by atoms with van der Waals surface area (Å²) in [5.74, 6) is 0. The third kappa shape index (κ3) is 2.02. The molecule has 0 aliphatic carbocycles. The van der Waals surface area contributed by atoms with E-state index < -0.39 is 0 Å². The largest absolute Gasteiger partial charge is 0.398 e. The monoisotopic (exact) mass is 257 g/mol. The molecule has 0 bridgehead atoms. The zero-order valence-corrected chi connectivity index (χ0v) is 10.5. The number of anilines is 1. The summed E-state index contributed by atoms with van der Waals surface area (Å²) in [6.07, 6.45) is 3.50. The number of nitrogens with one attached hydrogen (secondary N) is 1. The molecule has 3 rings (SSSR count). The van der Waals surface area contributed by atoms with Gasteiger partial charge in [0, 0.05) is 27.9 Å². The van der Waals surface area contributed by atoms with Gasteiger partial charge in [0.1, 0.15) is 0 Å². The minimum Gasteiger partial charge on any atom is -0.398 e. The summed E-state index contributed by atoms with van der Waals surface area (Å²) >= 11 is 1.45. The fraction of sp³-hybridized carbons (Fsp3) is 0.0833. The Morgan fingerprint density at radius 2 is 2.22 bits per heavy atom. The van der Waals surface area contributed by atoms with Gasteiger partial charge >= 0.3 is 0 Å². The van der Waals surface area contributed by atoms with Gasteiger partial charge in [-0.1, -0.05) is 0 Å². The first kappa shape index (κ1) is 11.0. The topological polar surface area (TPSA) is 80.5 Å². The maximum Gasteiger partial charge on any atom is 0.192 e. The molecule has 2 aromatic heterocycles. The van der Waals surface area contributed by atoms with Crippen LogP contribution in [0, 0.1) is 6.92 Å². The summed E-state index contributed by atoms with van der Waals surface area (Å²) in [5.41, 5.74) is 8.62. The molecule has 90 valence electrons. The summed E-state index contributed by atoms with van der Waals surface area (Å²) < 4.78 is 0. The van der Waals surface area contributed by atoms with Crippen LogP contribution in [0.4, 0.5) is 5.69 Å². The van der Waals surface area contributed by atoms with Crippen molar-refractivity contribution in [2.24, 2.45) is 0 Å². The molecule has 1 aromatic carbocycles. The van der Waals surface area contributed by atoms with Gasteiger partial charge in [0.25, 0.3) is 0 Å². The zero-order chi connectivity index (χ0) is 12.5. The van der Waals surface area contributed by atoms with E-state index in [1.54, 1.807) is 12.4 Å². The Hall–Kier alpha value is -2.08. The molecule has 3 aromatic rings. The minimum atomic E-state index is 0.695. The molecule has 5 nitrogen and oxygen atoms in total. The SMILES string of the molecule is Cc1ccnc(Sc2cc3[nH]ncc3cc2N)n1. The van der Waals surface area contributed by atoms with Gasteiger partial charge in [-0.2, -0.15) is 5.10 Å². The standard InChI is InChI=1S/C12H11N5S/c1-7-2-3-14-12(16-7)18-11-5-10-8(4-9(11)13)6-15-17-10/h2-6H,13H2,1H3,(H,15,17). The van der Waals surface area contributed by atoms with Crippen molar-refractivity contribution < 1.29 is 0 Å². The molecule has 0 saturated carbocycles. The Balaban J connectivity index is 2.01. The van der Waals surface area contributed by atoms with Gasteiger partial charge in [0.2, 0.25) is 0 Å². The molecule has 6 heteroatoms. The molecular weight excluding hydrogens is 246 g/mol. The lowest BCUT2D eigenvalue weighted by Crippen LogP contribution is -1.92. The van der Waals surface area contributed by atoms with Crippen LogP contribution in [0.25, 0.3) is 10.9 Å². The third-order valence-electron chi connectivity index (χ3n) is 2.54. The van der Waals surface area contributed by atoms with Gasteiger partial charge in [-0.25, -0.2) is 9.97 Å². The summed E-state index contributed by atoms with van der Waals surface area (Å²) in [6, 6.07) is 5.73. The predicted octanol–water partition coefficient (Wildman–Crippen LogP) is 2.39. The van der Waals surface area contributed by atoms with Crippen LogP contribution in [0.3, 0.4) is 0 Å². The van der Waals surface area contributed by atoms with E-state index in [1.807, 2.05) is 25.1 Å². The Morgan fingerprint density at radius 3 is 3.06 bits per heavy atom. The molecule has 0 spiro atoms. The van der Waals surface area contributed by atoms with Crippen LogP contribution >= 0.6 is 11.8 Å². The van der Waals surface area contributed by atoms with Crippen LogP contribution in [0.2, 0.25) is 0 Å². The van der Waals surface area contributed by atoms with Crippen molar-refractivity contribution >= 4 is 28.4 Å². The number of hydrogen-bond acceptors (Lipinski definition) is 5. The van der Waals surface area contributed by atoms with Crippen molar-refractivity contribution in [3.05, 3.63) is 36.3 Å². The molecule has 0 radical (unpaired) electrons. The second-order valence-electron chi connectivity index (χ2n) is 3.93. The van der Waals surface area contributed by atoms with Crippen molar-refractivity contribution in [2.75, 3.05) is 5.73 Å². The number of nitrogens with zero attached hydrogens (tertiary/aromatic N) is 3. The highest BCUT2D eigenvalue weighted by molar-refractivity contribution is 7.99. The number of hydrogen-bond donors (Lipinski definition) is 2. The normalized spacial score (nSPS) is 10.9. The molecule has 0 unspecified atom stereocenters. The smallest absolute Gasteiger partial charge is 0.192 e. The van der Waals surface area contributed by atoms with Gasteiger partial charge in [0.15, 0.2) is 5.16 Å². The van der Waals surface area contributed by atoms with E-state index in [1.165, 1.54) is 11.8 Å². The van der Waals surface area contributed by atoms with E-state index in [0.717, 1.165) is 21.5 Å². The first-order chi connectivity index (χ1) is 8.72. The molecule has 2 heterocycles. The highest BCUT2D eigenvalue weighted by Gasteiger charge is 2.07. The Morgan fingerprint density at radius 1 is 1.33 bits per heavy atom. The molecule has 0 amide bonds. The lowest BCUT2D eigenvalue weighted by molar-refractivity contribution is 0.932. The molecule has 0 aliphatic heterocycles. The highest BCUT2D eigenvalue weighted by Crippen LogP contribution is 2.32. The highest BCUT2D eigenvalue weighted by atomic mass is 32.2. The molecule has 0 saturated heterocycles. The maximum absolute atomic E-state index is 6.01. The van der Waals surface area contributed by atoms with E-state index in [9.17, 15) is 0 Å². The molecule has 0 fully saturated rings. The second-order valence-corrected chi connectivity index (χ2v) is 4.94. The first-order valence-corrected chi connectivity index (χ1v) is 6.24. The van der Waals surface area contributed by atoms with Crippen LogP contribution in [-0.4, -0.2) is 20.2 Å². The number of aromatic nitrogens is 4. The third-order valence-corrected chi connectivity index (χ3v) is 3.50. The molecule has 0 atom stereocenters. The summed E-state index contributed by atoms with van der Waals surface area (Å²) in [4.78, 5) is 9.49. The molecule has 0 aliphatic rings. The van der Waals surface area contributed by atoms with Crippen molar-refractivity contribution in [3.8, 4) is 0 Å². The lowest BCUT2D eigenvalue weighted by atomic mass is 10.2. The van der Waals surface area contributed by atoms with Gasteiger partial charge < -0.3 is 5.73 Å². The van der Waals surface area contributed by atoms with Crippen LogP contribution in [0.15, 0.2) is 40.6 Å². The molecule has 3 N–H and O–H groups in total. The quantitative estimate of drug-likeness (QED) is 0.544. The number of benzene rings is 1. The van der Waals surface area contributed by atoms with Crippen LogP contribution in [0.5, 0.6) is 0 Å². The number of aromatic amines is 1. The number of fused-ring (bicyclic) bond motifs is 1. The lowest BCUT2D eigenvalue weighted by Gasteiger charge is -2.04. The van der Waals surface area contributed by atoms with Gasteiger partial charge in [-0.15, -0.1) is 0 Å². The van der Waals surface area contributed by atoms with E-state index in [-0.39, 0.29) is 0 Å². The Bertz CT molecular complexity index is 707. The summed E-state index contributed by atoms with van der Waals surface area (Å²) in [5, 5.41) is 8.61. The zero-order valence-electron chi connectivity index (χ0n) is 9.71. The maximum atomic E-state index is 6.01.